The standard InChI is InChI=1S/C22H31N3O/c1-4-23-15-19-10-12-24(13-11-19)22(26)21-14-17(2)25(18(21)3)16-20-8-6-5-7-9-20/h5-9,14,19,23H,4,10-13,15-16H2,1-3H3. The Morgan fingerprint density at radius 2 is 1.85 bits per heavy atom. The summed E-state index contributed by atoms with van der Waals surface area (Å²) in [5, 5.41) is 3.43. The largest absolute Gasteiger partial charge is 0.344 e. The summed E-state index contributed by atoms with van der Waals surface area (Å²) in [7, 11) is 0. The van der Waals surface area contributed by atoms with Crippen molar-refractivity contribution in [1.82, 2.24) is 14.8 Å². The molecule has 0 aliphatic carbocycles. The lowest BCUT2D eigenvalue weighted by Gasteiger charge is -2.32. The minimum atomic E-state index is 0.194. The van der Waals surface area contributed by atoms with Crippen molar-refractivity contribution in [3.05, 3.63) is 58.9 Å². The topological polar surface area (TPSA) is 37.3 Å². The fourth-order valence-electron chi connectivity index (χ4n) is 3.89. The smallest absolute Gasteiger partial charge is 0.255 e. The van der Waals surface area contributed by atoms with Crippen LogP contribution in [0.2, 0.25) is 0 Å². The average molecular weight is 354 g/mol. The van der Waals surface area contributed by atoms with Gasteiger partial charge in [-0.25, -0.2) is 0 Å². The van der Waals surface area contributed by atoms with Gasteiger partial charge in [0.15, 0.2) is 0 Å². The van der Waals surface area contributed by atoms with Gasteiger partial charge in [0.05, 0.1) is 5.56 Å². The third kappa shape index (κ3) is 4.18. The van der Waals surface area contributed by atoms with Crippen LogP contribution in [-0.4, -0.2) is 41.6 Å². The second-order valence-electron chi connectivity index (χ2n) is 7.40. The number of hydrogen-bond acceptors (Lipinski definition) is 2. The summed E-state index contributed by atoms with van der Waals surface area (Å²) >= 11 is 0. The van der Waals surface area contributed by atoms with E-state index in [1.165, 1.54) is 5.56 Å². The summed E-state index contributed by atoms with van der Waals surface area (Å²) in [6.45, 7) is 11.0. The molecule has 0 spiro atoms. The SMILES string of the molecule is CCNCC1CCN(C(=O)c2cc(C)n(Cc3ccccc3)c2C)CC1. The van der Waals surface area contributed by atoms with Crippen molar-refractivity contribution in [3.63, 3.8) is 0 Å². The maximum absolute atomic E-state index is 13.1. The average Bonchev–Trinajstić information content (AvgIpc) is 2.95. The maximum Gasteiger partial charge on any atom is 0.255 e. The van der Waals surface area contributed by atoms with Gasteiger partial charge in [-0.2, -0.15) is 0 Å². The van der Waals surface area contributed by atoms with E-state index in [1.807, 2.05) is 11.0 Å². The van der Waals surface area contributed by atoms with Gasteiger partial charge in [-0.3, -0.25) is 4.79 Å². The highest BCUT2D eigenvalue weighted by atomic mass is 16.2. The van der Waals surface area contributed by atoms with E-state index in [9.17, 15) is 4.79 Å². The first-order valence-corrected chi connectivity index (χ1v) is 9.80. The van der Waals surface area contributed by atoms with Gasteiger partial charge in [-0.05, 0) is 57.3 Å². The van der Waals surface area contributed by atoms with Crippen molar-refractivity contribution in [2.24, 2.45) is 5.92 Å². The van der Waals surface area contributed by atoms with Gasteiger partial charge < -0.3 is 14.8 Å². The molecule has 1 saturated heterocycles. The Morgan fingerprint density at radius 3 is 2.50 bits per heavy atom. The number of piperidine rings is 1. The van der Waals surface area contributed by atoms with Gasteiger partial charge in [0.2, 0.25) is 0 Å². The molecule has 1 aromatic carbocycles. The van der Waals surface area contributed by atoms with E-state index >= 15 is 0 Å². The highest BCUT2D eigenvalue weighted by Crippen LogP contribution is 2.22. The quantitative estimate of drug-likeness (QED) is 0.861. The van der Waals surface area contributed by atoms with Crippen molar-refractivity contribution in [2.45, 2.75) is 40.2 Å². The Bertz CT molecular complexity index is 727. The van der Waals surface area contributed by atoms with Crippen LogP contribution < -0.4 is 5.32 Å². The van der Waals surface area contributed by atoms with Crippen molar-refractivity contribution >= 4 is 5.91 Å². The van der Waals surface area contributed by atoms with Crippen LogP contribution in [0.5, 0.6) is 0 Å². The number of carbonyl (C=O) groups excluding carboxylic acids is 1. The fraction of sp³-hybridized carbons (Fsp3) is 0.500. The zero-order chi connectivity index (χ0) is 18.5. The van der Waals surface area contributed by atoms with Gasteiger partial charge >= 0.3 is 0 Å². The molecule has 1 amide bonds. The molecule has 26 heavy (non-hydrogen) atoms. The van der Waals surface area contributed by atoms with Crippen molar-refractivity contribution in [2.75, 3.05) is 26.2 Å². The van der Waals surface area contributed by atoms with E-state index in [4.69, 9.17) is 0 Å². The fourth-order valence-corrected chi connectivity index (χ4v) is 3.89. The molecule has 0 saturated carbocycles. The summed E-state index contributed by atoms with van der Waals surface area (Å²) in [5.41, 5.74) is 4.35. The number of amides is 1. The Balaban J connectivity index is 1.68. The molecule has 1 aliphatic heterocycles. The van der Waals surface area contributed by atoms with Crippen LogP contribution in [0.25, 0.3) is 0 Å². The Hall–Kier alpha value is -2.07. The van der Waals surface area contributed by atoms with E-state index < -0.39 is 0 Å². The van der Waals surface area contributed by atoms with Crippen molar-refractivity contribution < 1.29 is 4.79 Å². The first-order valence-electron chi connectivity index (χ1n) is 9.80. The molecule has 0 atom stereocenters. The minimum Gasteiger partial charge on any atom is -0.344 e. The van der Waals surface area contributed by atoms with Gasteiger partial charge in [-0.1, -0.05) is 37.3 Å². The van der Waals surface area contributed by atoms with Crippen molar-refractivity contribution in [1.29, 1.82) is 0 Å². The summed E-state index contributed by atoms with van der Waals surface area (Å²) in [4.78, 5) is 15.1. The normalized spacial score (nSPS) is 15.4. The molecular weight excluding hydrogens is 322 g/mol. The molecule has 4 heteroatoms. The van der Waals surface area contributed by atoms with Crippen molar-refractivity contribution in [3.8, 4) is 0 Å². The van der Waals surface area contributed by atoms with Gasteiger partial charge in [0.1, 0.15) is 0 Å². The number of nitrogens with zero attached hydrogens (tertiary/aromatic N) is 2. The molecular formula is C22H31N3O. The van der Waals surface area contributed by atoms with E-state index in [0.29, 0.717) is 5.92 Å². The molecule has 2 aromatic rings. The molecule has 2 heterocycles. The van der Waals surface area contributed by atoms with Crippen LogP contribution in [0.3, 0.4) is 0 Å². The van der Waals surface area contributed by atoms with E-state index in [1.54, 1.807) is 0 Å². The predicted molar refractivity (Wildman–Crippen MR) is 107 cm³/mol. The van der Waals surface area contributed by atoms with E-state index in [-0.39, 0.29) is 5.91 Å². The molecule has 1 N–H and O–H groups in total. The first-order chi connectivity index (χ1) is 12.6. The number of nitrogens with one attached hydrogen (secondary N) is 1. The number of hydrogen-bond donors (Lipinski definition) is 1. The second kappa shape index (κ2) is 8.54. The second-order valence-corrected chi connectivity index (χ2v) is 7.40. The van der Waals surface area contributed by atoms with E-state index in [2.05, 4.69) is 61.0 Å². The number of benzene rings is 1. The molecule has 0 unspecified atom stereocenters. The molecule has 1 aliphatic rings. The van der Waals surface area contributed by atoms with Crippen LogP contribution in [0.4, 0.5) is 0 Å². The molecule has 0 radical (unpaired) electrons. The highest BCUT2D eigenvalue weighted by molar-refractivity contribution is 5.95. The molecule has 3 rings (SSSR count). The number of aromatic nitrogens is 1. The lowest BCUT2D eigenvalue weighted by Crippen LogP contribution is -2.40. The molecule has 140 valence electrons. The van der Waals surface area contributed by atoms with Gasteiger partial charge in [0, 0.05) is 31.0 Å². The molecule has 1 fully saturated rings. The monoisotopic (exact) mass is 353 g/mol. The lowest BCUT2D eigenvalue weighted by atomic mass is 9.96. The summed E-state index contributed by atoms with van der Waals surface area (Å²) < 4.78 is 2.25. The number of aryl methyl sites for hydroxylation is 1. The van der Waals surface area contributed by atoms with Crippen LogP contribution in [0, 0.1) is 19.8 Å². The van der Waals surface area contributed by atoms with Gasteiger partial charge in [0.25, 0.3) is 5.91 Å². The van der Waals surface area contributed by atoms with Crippen LogP contribution >= 0.6 is 0 Å². The number of likely N-dealkylation sites (tertiary alicyclic amines) is 1. The minimum absolute atomic E-state index is 0.194. The first kappa shape index (κ1) is 18.7. The summed E-state index contributed by atoms with van der Waals surface area (Å²) in [5.74, 6) is 0.892. The Labute approximate surface area is 157 Å². The number of rotatable bonds is 6. The predicted octanol–water partition coefficient (Wildman–Crippen LogP) is 3.61. The lowest BCUT2D eigenvalue weighted by molar-refractivity contribution is 0.0689. The molecule has 0 bridgehead atoms. The van der Waals surface area contributed by atoms with Crippen LogP contribution in [0.15, 0.2) is 36.4 Å². The number of carbonyl (C=O) groups is 1. The highest BCUT2D eigenvalue weighted by Gasteiger charge is 2.26. The van der Waals surface area contributed by atoms with Crippen LogP contribution in [-0.2, 0) is 6.54 Å². The van der Waals surface area contributed by atoms with Gasteiger partial charge in [-0.15, -0.1) is 0 Å². The Morgan fingerprint density at radius 1 is 1.15 bits per heavy atom. The molecule has 4 nitrogen and oxygen atoms in total. The zero-order valence-corrected chi connectivity index (χ0v) is 16.3. The Kier molecular flexibility index (Phi) is 6.15. The summed E-state index contributed by atoms with van der Waals surface area (Å²) in [6, 6.07) is 12.5. The van der Waals surface area contributed by atoms with Crippen LogP contribution in [0.1, 0.15) is 47.1 Å². The third-order valence-electron chi connectivity index (χ3n) is 5.57. The summed E-state index contributed by atoms with van der Waals surface area (Å²) in [6.07, 6.45) is 2.20. The van der Waals surface area contributed by atoms with E-state index in [0.717, 1.165) is 62.5 Å². The third-order valence-corrected chi connectivity index (χ3v) is 5.57. The molecule has 1 aromatic heterocycles. The maximum atomic E-state index is 13.1. The zero-order valence-electron chi connectivity index (χ0n) is 16.3.